The van der Waals surface area contributed by atoms with Crippen LogP contribution in [-0.2, 0) is 19.8 Å². The number of nitrogens with two attached hydrogens (primary N) is 1. The molecule has 0 aromatic heterocycles. The second kappa shape index (κ2) is 7.31. The Kier molecular flexibility index (Phi) is 5.40. The van der Waals surface area contributed by atoms with Crippen molar-refractivity contribution in [2.75, 3.05) is 25.5 Å². The van der Waals surface area contributed by atoms with E-state index in [-0.39, 0.29) is 5.91 Å². The van der Waals surface area contributed by atoms with E-state index in [9.17, 15) is 9.59 Å². The normalized spacial score (nSPS) is 21.5. The number of carbonyl (C=O) groups is 2. The van der Waals surface area contributed by atoms with Crippen molar-refractivity contribution in [2.24, 2.45) is 0 Å². The van der Waals surface area contributed by atoms with Crippen molar-refractivity contribution in [3.63, 3.8) is 0 Å². The van der Waals surface area contributed by atoms with E-state index in [1.165, 1.54) is 4.90 Å². The Morgan fingerprint density at radius 3 is 2.63 bits per heavy atom. The zero-order chi connectivity index (χ0) is 19.8. The van der Waals surface area contributed by atoms with Crippen LogP contribution in [0.1, 0.15) is 39.2 Å². The maximum absolute atomic E-state index is 13.0. The van der Waals surface area contributed by atoms with Crippen LogP contribution in [-0.4, -0.2) is 48.3 Å². The van der Waals surface area contributed by atoms with Crippen molar-refractivity contribution in [2.45, 2.75) is 50.8 Å². The molecule has 1 atom stereocenters. The van der Waals surface area contributed by atoms with E-state index in [0.29, 0.717) is 31.9 Å². The molecule has 8 heteroatoms. The lowest BCUT2D eigenvalue weighted by Gasteiger charge is -2.44. The lowest BCUT2D eigenvalue weighted by atomic mass is 9.86. The molecule has 3 N–H and O–H groups in total. The predicted molar refractivity (Wildman–Crippen MR) is 105 cm³/mol. The SMILES string of the molecule is CC(C)(C)OC(=O)N1CCC[C@H]1C(=O)NC1(c2ccc(Br)cc2N)COC1. The molecule has 1 aromatic rings. The molecule has 2 fully saturated rings. The number of nitrogen functional groups attached to an aromatic ring is 1. The van der Waals surface area contributed by atoms with Crippen molar-refractivity contribution in [1.29, 1.82) is 0 Å². The molecule has 148 valence electrons. The summed E-state index contributed by atoms with van der Waals surface area (Å²) in [6, 6.07) is 5.04. The monoisotopic (exact) mass is 439 g/mol. The summed E-state index contributed by atoms with van der Waals surface area (Å²) in [7, 11) is 0. The molecule has 0 unspecified atom stereocenters. The van der Waals surface area contributed by atoms with Gasteiger partial charge in [-0.05, 0) is 45.7 Å². The van der Waals surface area contributed by atoms with Crippen LogP contribution in [0.3, 0.4) is 0 Å². The van der Waals surface area contributed by atoms with Crippen LogP contribution in [0.25, 0.3) is 0 Å². The number of hydrogen-bond donors (Lipinski definition) is 2. The van der Waals surface area contributed by atoms with Crippen molar-refractivity contribution in [3.8, 4) is 0 Å². The molecule has 2 saturated heterocycles. The fourth-order valence-electron chi connectivity index (χ4n) is 3.47. The third kappa shape index (κ3) is 4.21. The van der Waals surface area contributed by atoms with Crippen LogP contribution in [0.2, 0.25) is 0 Å². The van der Waals surface area contributed by atoms with Gasteiger partial charge in [0.15, 0.2) is 0 Å². The largest absolute Gasteiger partial charge is 0.444 e. The smallest absolute Gasteiger partial charge is 0.410 e. The Labute approximate surface area is 167 Å². The van der Waals surface area contributed by atoms with Gasteiger partial charge >= 0.3 is 6.09 Å². The number of rotatable bonds is 3. The summed E-state index contributed by atoms with van der Waals surface area (Å²) in [5, 5.41) is 3.09. The summed E-state index contributed by atoms with van der Waals surface area (Å²) in [6.45, 7) is 6.65. The highest BCUT2D eigenvalue weighted by Gasteiger charge is 2.46. The molecule has 0 bridgehead atoms. The third-order valence-electron chi connectivity index (χ3n) is 4.77. The van der Waals surface area contributed by atoms with Gasteiger partial charge in [0, 0.05) is 22.3 Å². The van der Waals surface area contributed by atoms with E-state index in [1.54, 1.807) is 0 Å². The number of amides is 2. The summed E-state index contributed by atoms with van der Waals surface area (Å²) >= 11 is 3.40. The topological polar surface area (TPSA) is 93.9 Å². The lowest BCUT2D eigenvalue weighted by Crippen LogP contribution is -2.62. The molecule has 2 aliphatic rings. The fraction of sp³-hybridized carbons (Fsp3) is 0.579. The Morgan fingerprint density at radius 1 is 1.37 bits per heavy atom. The lowest BCUT2D eigenvalue weighted by molar-refractivity contribution is -0.138. The molecule has 2 heterocycles. The summed E-state index contributed by atoms with van der Waals surface area (Å²) < 4.78 is 11.7. The van der Waals surface area contributed by atoms with Crippen LogP contribution < -0.4 is 11.1 Å². The Hall–Kier alpha value is -1.80. The van der Waals surface area contributed by atoms with Gasteiger partial charge in [0.1, 0.15) is 17.2 Å². The number of benzene rings is 1. The number of hydrogen-bond acceptors (Lipinski definition) is 5. The van der Waals surface area contributed by atoms with Gasteiger partial charge in [-0.2, -0.15) is 0 Å². The summed E-state index contributed by atoms with van der Waals surface area (Å²) in [5.74, 6) is -0.205. The van der Waals surface area contributed by atoms with Gasteiger partial charge < -0.3 is 20.5 Å². The minimum atomic E-state index is -0.663. The standard InChI is InChI=1S/C19H26BrN3O4/c1-18(2,3)27-17(25)23-8-4-5-15(23)16(24)22-19(10-26-11-19)13-7-6-12(20)9-14(13)21/h6-7,9,15H,4-5,8,10-11,21H2,1-3H3,(H,22,24)/t15-/m0/s1. The maximum atomic E-state index is 13.0. The molecule has 1 aromatic carbocycles. The number of halogens is 1. The second-order valence-electron chi connectivity index (χ2n) is 8.13. The second-order valence-corrected chi connectivity index (χ2v) is 9.04. The van der Waals surface area contributed by atoms with Crippen LogP contribution in [0.15, 0.2) is 22.7 Å². The van der Waals surface area contributed by atoms with E-state index in [1.807, 2.05) is 39.0 Å². The Morgan fingerprint density at radius 2 is 2.07 bits per heavy atom. The van der Waals surface area contributed by atoms with Gasteiger partial charge in [-0.1, -0.05) is 22.0 Å². The highest BCUT2D eigenvalue weighted by atomic mass is 79.9. The van der Waals surface area contributed by atoms with Gasteiger partial charge in [0.05, 0.1) is 13.2 Å². The Bertz CT molecular complexity index is 743. The first-order chi connectivity index (χ1) is 12.6. The first-order valence-electron chi connectivity index (χ1n) is 9.06. The molecular weight excluding hydrogens is 414 g/mol. The summed E-state index contributed by atoms with van der Waals surface area (Å²) in [4.78, 5) is 27.0. The third-order valence-corrected chi connectivity index (χ3v) is 5.27. The summed E-state index contributed by atoms with van der Waals surface area (Å²) in [6.07, 6.45) is 0.918. The molecule has 2 aliphatic heterocycles. The highest BCUT2D eigenvalue weighted by molar-refractivity contribution is 9.10. The van der Waals surface area contributed by atoms with E-state index in [2.05, 4.69) is 21.2 Å². The first kappa shape index (κ1) is 19.9. The van der Waals surface area contributed by atoms with E-state index >= 15 is 0 Å². The van der Waals surface area contributed by atoms with Gasteiger partial charge in [-0.15, -0.1) is 0 Å². The van der Waals surface area contributed by atoms with Crippen molar-refractivity contribution < 1.29 is 19.1 Å². The van der Waals surface area contributed by atoms with E-state index in [4.69, 9.17) is 15.2 Å². The van der Waals surface area contributed by atoms with Crippen LogP contribution >= 0.6 is 15.9 Å². The number of likely N-dealkylation sites (tertiary alicyclic amines) is 1. The molecule has 3 rings (SSSR count). The molecule has 27 heavy (non-hydrogen) atoms. The quantitative estimate of drug-likeness (QED) is 0.706. The molecule has 0 spiro atoms. The van der Waals surface area contributed by atoms with E-state index < -0.39 is 23.3 Å². The fourth-order valence-corrected chi connectivity index (χ4v) is 3.85. The van der Waals surface area contributed by atoms with Crippen LogP contribution in [0.4, 0.5) is 10.5 Å². The number of ether oxygens (including phenoxy) is 2. The predicted octanol–water partition coefficient (Wildman–Crippen LogP) is 2.77. The van der Waals surface area contributed by atoms with Crippen LogP contribution in [0, 0.1) is 0 Å². The molecule has 0 aliphatic carbocycles. The number of nitrogens with zero attached hydrogens (tertiary/aromatic N) is 1. The van der Waals surface area contributed by atoms with Gasteiger partial charge in [-0.25, -0.2) is 4.79 Å². The highest BCUT2D eigenvalue weighted by Crippen LogP contribution is 2.35. The average Bonchev–Trinajstić information content (AvgIpc) is 2.99. The molecule has 7 nitrogen and oxygen atoms in total. The average molecular weight is 440 g/mol. The zero-order valence-corrected chi connectivity index (χ0v) is 17.5. The minimum Gasteiger partial charge on any atom is -0.444 e. The summed E-state index contributed by atoms with van der Waals surface area (Å²) in [5.41, 5.74) is 6.32. The molecule has 0 radical (unpaired) electrons. The van der Waals surface area contributed by atoms with Crippen molar-refractivity contribution in [3.05, 3.63) is 28.2 Å². The van der Waals surface area contributed by atoms with Gasteiger partial charge in [0.2, 0.25) is 5.91 Å². The minimum absolute atomic E-state index is 0.205. The first-order valence-corrected chi connectivity index (χ1v) is 9.85. The molecule has 2 amide bonds. The van der Waals surface area contributed by atoms with Crippen molar-refractivity contribution >= 4 is 33.6 Å². The number of anilines is 1. The number of carbonyl (C=O) groups excluding carboxylic acids is 2. The van der Waals surface area contributed by atoms with Gasteiger partial charge in [0.25, 0.3) is 0 Å². The number of nitrogens with one attached hydrogen (secondary N) is 1. The van der Waals surface area contributed by atoms with Crippen LogP contribution in [0.5, 0.6) is 0 Å². The zero-order valence-electron chi connectivity index (χ0n) is 15.9. The maximum Gasteiger partial charge on any atom is 0.410 e. The van der Waals surface area contributed by atoms with Gasteiger partial charge in [-0.3, -0.25) is 9.69 Å². The van der Waals surface area contributed by atoms with Crippen molar-refractivity contribution in [1.82, 2.24) is 10.2 Å². The Balaban J connectivity index is 1.76. The molecular formula is C19H26BrN3O4. The van der Waals surface area contributed by atoms with E-state index in [0.717, 1.165) is 16.5 Å². The molecule has 0 saturated carbocycles.